The number of benzene rings is 1. The molecule has 0 heterocycles. The Morgan fingerprint density at radius 1 is 1.15 bits per heavy atom. The maximum atomic E-state index is 6.00. The van der Waals surface area contributed by atoms with Crippen LogP contribution < -0.4 is 14.8 Å². The van der Waals surface area contributed by atoms with Gasteiger partial charge in [0.05, 0.1) is 6.61 Å². The second-order valence-corrected chi connectivity index (χ2v) is 5.55. The van der Waals surface area contributed by atoms with Crippen molar-refractivity contribution >= 4 is 0 Å². The molecule has 0 spiro atoms. The van der Waals surface area contributed by atoms with E-state index in [2.05, 4.69) is 12.2 Å². The van der Waals surface area contributed by atoms with Gasteiger partial charge >= 0.3 is 0 Å². The zero-order valence-electron chi connectivity index (χ0n) is 12.7. The highest BCUT2D eigenvalue weighted by molar-refractivity contribution is 5.39. The highest BCUT2D eigenvalue weighted by Gasteiger charge is 2.15. The predicted octanol–water partition coefficient (Wildman–Crippen LogP) is 3.77. The van der Waals surface area contributed by atoms with E-state index in [4.69, 9.17) is 9.47 Å². The lowest BCUT2D eigenvalue weighted by atomic mass is 9.95. The summed E-state index contributed by atoms with van der Waals surface area (Å²) in [5.74, 6) is 1.67. The van der Waals surface area contributed by atoms with Gasteiger partial charge in [0.2, 0.25) is 0 Å². The van der Waals surface area contributed by atoms with E-state index < -0.39 is 0 Å². The van der Waals surface area contributed by atoms with Gasteiger partial charge in [-0.1, -0.05) is 31.4 Å². The summed E-state index contributed by atoms with van der Waals surface area (Å²) in [5, 5.41) is 3.63. The molecular formula is C17H27NO2. The van der Waals surface area contributed by atoms with E-state index in [9.17, 15) is 0 Å². The van der Waals surface area contributed by atoms with Gasteiger partial charge in [0, 0.05) is 12.6 Å². The van der Waals surface area contributed by atoms with Crippen LogP contribution in [0, 0.1) is 0 Å². The molecule has 2 rings (SSSR count). The van der Waals surface area contributed by atoms with Gasteiger partial charge in [-0.2, -0.15) is 0 Å². The molecule has 1 fully saturated rings. The summed E-state index contributed by atoms with van der Waals surface area (Å²) < 4.78 is 11.6. The number of nitrogens with one attached hydrogen (secondary N) is 1. The van der Waals surface area contributed by atoms with Crippen LogP contribution in [0.2, 0.25) is 0 Å². The van der Waals surface area contributed by atoms with Crippen LogP contribution in [-0.4, -0.2) is 25.3 Å². The molecule has 3 heteroatoms. The van der Waals surface area contributed by atoms with E-state index >= 15 is 0 Å². The van der Waals surface area contributed by atoms with E-state index in [-0.39, 0.29) is 6.10 Å². The van der Waals surface area contributed by atoms with Gasteiger partial charge in [-0.15, -0.1) is 0 Å². The molecule has 1 aromatic carbocycles. The van der Waals surface area contributed by atoms with E-state index in [0.717, 1.165) is 18.0 Å². The SMILES string of the molecule is CCOc1ccccc1OC(C)CNC1CCCCC1. The van der Waals surface area contributed by atoms with Crippen molar-refractivity contribution in [2.75, 3.05) is 13.2 Å². The molecule has 0 saturated heterocycles. The molecule has 1 saturated carbocycles. The molecule has 0 amide bonds. The summed E-state index contributed by atoms with van der Waals surface area (Å²) in [6.07, 6.45) is 6.88. The topological polar surface area (TPSA) is 30.5 Å². The number of ether oxygens (including phenoxy) is 2. The summed E-state index contributed by atoms with van der Waals surface area (Å²) in [6, 6.07) is 8.57. The van der Waals surface area contributed by atoms with Crippen molar-refractivity contribution in [2.45, 2.75) is 58.1 Å². The van der Waals surface area contributed by atoms with Gasteiger partial charge < -0.3 is 14.8 Å². The molecule has 1 aliphatic carbocycles. The molecular weight excluding hydrogens is 250 g/mol. The van der Waals surface area contributed by atoms with Crippen LogP contribution in [-0.2, 0) is 0 Å². The number of hydrogen-bond acceptors (Lipinski definition) is 3. The largest absolute Gasteiger partial charge is 0.490 e. The Labute approximate surface area is 122 Å². The van der Waals surface area contributed by atoms with E-state index in [1.54, 1.807) is 0 Å². The summed E-state index contributed by atoms with van der Waals surface area (Å²) >= 11 is 0. The fourth-order valence-corrected chi connectivity index (χ4v) is 2.72. The van der Waals surface area contributed by atoms with E-state index in [1.165, 1.54) is 32.1 Å². The normalized spacial score (nSPS) is 17.7. The van der Waals surface area contributed by atoms with Crippen molar-refractivity contribution in [1.82, 2.24) is 5.32 Å². The van der Waals surface area contributed by atoms with Crippen molar-refractivity contribution in [3.63, 3.8) is 0 Å². The summed E-state index contributed by atoms with van der Waals surface area (Å²) in [6.45, 7) is 5.66. The van der Waals surface area contributed by atoms with E-state index in [1.807, 2.05) is 31.2 Å². The Morgan fingerprint density at radius 2 is 1.85 bits per heavy atom. The first-order valence-electron chi connectivity index (χ1n) is 7.91. The van der Waals surface area contributed by atoms with Gasteiger partial charge in [0.25, 0.3) is 0 Å². The molecule has 0 aromatic heterocycles. The van der Waals surface area contributed by atoms with Crippen molar-refractivity contribution in [3.05, 3.63) is 24.3 Å². The summed E-state index contributed by atoms with van der Waals surface area (Å²) in [4.78, 5) is 0. The van der Waals surface area contributed by atoms with Crippen molar-refractivity contribution in [3.8, 4) is 11.5 Å². The van der Waals surface area contributed by atoms with Crippen molar-refractivity contribution in [2.24, 2.45) is 0 Å². The van der Waals surface area contributed by atoms with Gasteiger partial charge in [-0.25, -0.2) is 0 Å². The molecule has 1 aromatic rings. The maximum Gasteiger partial charge on any atom is 0.161 e. The van der Waals surface area contributed by atoms with E-state index in [0.29, 0.717) is 12.6 Å². The van der Waals surface area contributed by atoms with Crippen molar-refractivity contribution in [1.29, 1.82) is 0 Å². The molecule has 3 nitrogen and oxygen atoms in total. The Kier molecular flexibility index (Phi) is 6.19. The van der Waals surface area contributed by atoms with Crippen LogP contribution in [0.25, 0.3) is 0 Å². The second-order valence-electron chi connectivity index (χ2n) is 5.55. The van der Waals surface area contributed by atoms with Crippen LogP contribution >= 0.6 is 0 Å². The first kappa shape index (κ1) is 15.2. The Morgan fingerprint density at radius 3 is 2.55 bits per heavy atom. The predicted molar refractivity (Wildman–Crippen MR) is 82.6 cm³/mol. The standard InChI is InChI=1S/C17H27NO2/c1-3-19-16-11-7-8-12-17(16)20-14(2)13-18-15-9-5-4-6-10-15/h7-8,11-12,14-15,18H,3-6,9-10,13H2,1-2H3. The number of hydrogen-bond donors (Lipinski definition) is 1. The summed E-state index contributed by atoms with van der Waals surface area (Å²) in [5.41, 5.74) is 0. The second kappa shape index (κ2) is 8.15. The molecule has 1 aliphatic rings. The van der Waals surface area contributed by atoms with Gasteiger partial charge in [0.15, 0.2) is 11.5 Å². The fraction of sp³-hybridized carbons (Fsp3) is 0.647. The fourth-order valence-electron chi connectivity index (χ4n) is 2.72. The molecule has 20 heavy (non-hydrogen) atoms. The minimum absolute atomic E-state index is 0.151. The Hall–Kier alpha value is -1.22. The summed E-state index contributed by atoms with van der Waals surface area (Å²) in [7, 11) is 0. The van der Waals surface area contributed by atoms with Crippen LogP contribution in [0.15, 0.2) is 24.3 Å². The molecule has 0 radical (unpaired) electrons. The lowest BCUT2D eigenvalue weighted by Crippen LogP contribution is -2.37. The molecule has 1 unspecified atom stereocenters. The van der Waals surface area contributed by atoms with Gasteiger partial charge in [0.1, 0.15) is 6.10 Å². The van der Waals surface area contributed by atoms with Crippen molar-refractivity contribution < 1.29 is 9.47 Å². The molecule has 0 aliphatic heterocycles. The third-order valence-electron chi connectivity index (χ3n) is 3.78. The maximum absolute atomic E-state index is 6.00. The number of rotatable bonds is 7. The smallest absolute Gasteiger partial charge is 0.161 e. The highest BCUT2D eigenvalue weighted by Crippen LogP contribution is 2.27. The molecule has 112 valence electrons. The first-order chi connectivity index (χ1) is 9.79. The first-order valence-corrected chi connectivity index (χ1v) is 7.91. The van der Waals surface area contributed by atoms with Gasteiger partial charge in [-0.05, 0) is 38.8 Å². The van der Waals surface area contributed by atoms with Crippen LogP contribution in [0.4, 0.5) is 0 Å². The highest BCUT2D eigenvalue weighted by atomic mass is 16.5. The zero-order chi connectivity index (χ0) is 14.2. The minimum Gasteiger partial charge on any atom is -0.490 e. The Balaban J connectivity index is 1.79. The number of para-hydroxylation sites is 2. The lowest BCUT2D eigenvalue weighted by Gasteiger charge is -2.25. The average molecular weight is 277 g/mol. The third-order valence-corrected chi connectivity index (χ3v) is 3.78. The zero-order valence-corrected chi connectivity index (χ0v) is 12.7. The average Bonchev–Trinajstić information content (AvgIpc) is 2.49. The lowest BCUT2D eigenvalue weighted by molar-refractivity contribution is 0.194. The minimum atomic E-state index is 0.151. The molecule has 1 N–H and O–H groups in total. The quantitative estimate of drug-likeness (QED) is 0.823. The third kappa shape index (κ3) is 4.71. The Bertz CT molecular complexity index is 388. The molecule has 1 atom stereocenters. The van der Waals surface area contributed by atoms with Crippen LogP contribution in [0.5, 0.6) is 11.5 Å². The molecule has 0 bridgehead atoms. The van der Waals surface area contributed by atoms with Gasteiger partial charge in [-0.3, -0.25) is 0 Å². The monoisotopic (exact) mass is 277 g/mol. The van der Waals surface area contributed by atoms with Crippen LogP contribution in [0.3, 0.4) is 0 Å². The van der Waals surface area contributed by atoms with Crippen LogP contribution in [0.1, 0.15) is 46.0 Å².